The Bertz CT molecular complexity index is 762. The van der Waals surface area contributed by atoms with Crippen LogP contribution in [0.15, 0.2) is 24.3 Å². The molecule has 2 N–H and O–H groups in total. The molecule has 2 aromatic rings. The molecule has 4 rings (SSSR count). The molecule has 2 aliphatic rings. The van der Waals surface area contributed by atoms with E-state index in [2.05, 4.69) is 28.8 Å². The second-order valence-corrected chi connectivity index (χ2v) is 8.54. The SMILES string of the molecule is O=C1CCC(CCC(=O)NC2CCC(c3nc4ccccc4s3)CC2)N1. The van der Waals surface area contributed by atoms with Crippen LogP contribution < -0.4 is 10.6 Å². The van der Waals surface area contributed by atoms with Crippen LogP contribution in [0.4, 0.5) is 0 Å². The van der Waals surface area contributed by atoms with Crippen molar-refractivity contribution < 1.29 is 9.59 Å². The van der Waals surface area contributed by atoms with Gasteiger partial charge in [0.25, 0.3) is 0 Å². The van der Waals surface area contributed by atoms with Gasteiger partial charge in [-0.25, -0.2) is 4.98 Å². The van der Waals surface area contributed by atoms with Crippen molar-refractivity contribution in [3.63, 3.8) is 0 Å². The number of hydrogen-bond acceptors (Lipinski definition) is 4. The highest BCUT2D eigenvalue weighted by Crippen LogP contribution is 2.36. The minimum Gasteiger partial charge on any atom is -0.353 e. The standard InChI is InChI=1S/C20H25N3O2S/c24-18(11-9-15-10-12-19(25)22-15)21-14-7-5-13(6-8-14)20-23-16-3-1-2-4-17(16)26-20/h1-4,13-15H,5-12H2,(H,21,24)(H,22,25). The Hall–Kier alpha value is -1.95. The summed E-state index contributed by atoms with van der Waals surface area (Å²) < 4.78 is 1.26. The number of para-hydroxylation sites is 1. The van der Waals surface area contributed by atoms with Crippen LogP contribution in [0, 0.1) is 0 Å². The molecule has 1 aliphatic heterocycles. The summed E-state index contributed by atoms with van der Waals surface area (Å²) in [5, 5.41) is 7.35. The van der Waals surface area contributed by atoms with Gasteiger partial charge in [-0.1, -0.05) is 12.1 Å². The molecule has 1 unspecified atom stereocenters. The monoisotopic (exact) mass is 371 g/mol. The third-order valence-corrected chi connectivity index (χ3v) is 6.76. The van der Waals surface area contributed by atoms with Gasteiger partial charge in [-0.15, -0.1) is 11.3 Å². The van der Waals surface area contributed by atoms with Gasteiger partial charge in [0.2, 0.25) is 11.8 Å². The van der Waals surface area contributed by atoms with Crippen molar-refractivity contribution in [3.05, 3.63) is 29.3 Å². The quantitative estimate of drug-likeness (QED) is 0.845. The lowest BCUT2D eigenvalue weighted by Gasteiger charge is -2.28. The summed E-state index contributed by atoms with van der Waals surface area (Å²) in [7, 11) is 0. The summed E-state index contributed by atoms with van der Waals surface area (Å²) in [6, 6.07) is 8.78. The largest absolute Gasteiger partial charge is 0.353 e. The van der Waals surface area contributed by atoms with E-state index in [0.717, 1.165) is 44.0 Å². The number of carbonyl (C=O) groups excluding carboxylic acids is 2. The Labute approximate surface area is 157 Å². The van der Waals surface area contributed by atoms with E-state index >= 15 is 0 Å². The Balaban J connectivity index is 1.23. The second-order valence-electron chi connectivity index (χ2n) is 7.48. The minimum atomic E-state index is 0.114. The fourth-order valence-corrected chi connectivity index (χ4v) is 5.18. The number of aromatic nitrogens is 1. The number of rotatable bonds is 5. The van der Waals surface area contributed by atoms with Crippen LogP contribution in [0.3, 0.4) is 0 Å². The van der Waals surface area contributed by atoms with Crippen molar-refractivity contribution in [3.8, 4) is 0 Å². The third-order valence-electron chi connectivity index (χ3n) is 5.56. The normalized spacial score (nSPS) is 26.0. The molecule has 1 saturated heterocycles. The Morgan fingerprint density at radius 3 is 2.73 bits per heavy atom. The fourth-order valence-electron chi connectivity index (χ4n) is 4.05. The molecule has 5 nitrogen and oxygen atoms in total. The molecule has 6 heteroatoms. The van der Waals surface area contributed by atoms with Crippen molar-refractivity contribution in [2.75, 3.05) is 0 Å². The van der Waals surface area contributed by atoms with Crippen LogP contribution in [0.5, 0.6) is 0 Å². The Morgan fingerprint density at radius 1 is 1.19 bits per heavy atom. The van der Waals surface area contributed by atoms with Gasteiger partial charge < -0.3 is 10.6 Å². The maximum absolute atomic E-state index is 12.2. The molecular weight excluding hydrogens is 346 g/mol. The van der Waals surface area contributed by atoms with Crippen molar-refractivity contribution in [1.82, 2.24) is 15.6 Å². The average Bonchev–Trinajstić information content (AvgIpc) is 3.26. The molecule has 1 atom stereocenters. The zero-order valence-electron chi connectivity index (χ0n) is 14.9. The number of carbonyl (C=O) groups is 2. The van der Waals surface area contributed by atoms with Gasteiger partial charge in [-0.05, 0) is 50.7 Å². The van der Waals surface area contributed by atoms with E-state index < -0.39 is 0 Å². The first-order valence-corrected chi connectivity index (χ1v) is 10.4. The van der Waals surface area contributed by atoms with Gasteiger partial charge in [0, 0.05) is 30.8 Å². The predicted octanol–water partition coefficient (Wildman–Crippen LogP) is 3.50. The molecule has 2 heterocycles. The van der Waals surface area contributed by atoms with Gasteiger partial charge >= 0.3 is 0 Å². The minimum absolute atomic E-state index is 0.114. The molecular formula is C20H25N3O2S. The summed E-state index contributed by atoms with van der Waals surface area (Å²) in [5.74, 6) is 0.757. The number of thiazole rings is 1. The zero-order valence-corrected chi connectivity index (χ0v) is 15.7. The highest BCUT2D eigenvalue weighted by Gasteiger charge is 2.26. The number of nitrogens with one attached hydrogen (secondary N) is 2. The van der Waals surface area contributed by atoms with Crippen LogP contribution in [0.1, 0.15) is 62.3 Å². The second kappa shape index (κ2) is 7.74. The molecule has 1 aromatic carbocycles. The number of amides is 2. The Morgan fingerprint density at radius 2 is 2.00 bits per heavy atom. The molecule has 1 aromatic heterocycles. The van der Waals surface area contributed by atoms with E-state index in [4.69, 9.17) is 4.98 Å². The van der Waals surface area contributed by atoms with Crippen LogP contribution in [0.25, 0.3) is 10.2 Å². The van der Waals surface area contributed by atoms with Crippen molar-refractivity contribution in [2.45, 2.75) is 69.4 Å². The fraction of sp³-hybridized carbons (Fsp3) is 0.550. The number of nitrogens with zero attached hydrogens (tertiary/aromatic N) is 1. The lowest BCUT2D eigenvalue weighted by Crippen LogP contribution is -2.38. The molecule has 1 saturated carbocycles. The topological polar surface area (TPSA) is 71.1 Å². The van der Waals surface area contributed by atoms with E-state index in [1.54, 1.807) is 0 Å². The average molecular weight is 372 g/mol. The first-order chi connectivity index (χ1) is 12.7. The summed E-state index contributed by atoms with van der Waals surface area (Å²) in [4.78, 5) is 28.2. The smallest absolute Gasteiger partial charge is 0.220 e. The molecule has 26 heavy (non-hydrogen) atoms. The summed E-state index contributed by atoms with van der Waals surface area (Å²) in [6.45, 7) is 0. The maximum atomic E-state index is 12.2. The molecule has 2 fully saturated rings. The Kier molecular flexibility index (Phi) is 5.20. The molecule has 0 bridgehead atoms. The predicted molar refractivity (Wildman–Crippen MR) is 103 cm³/mol. The molecule has 0 radical (unpaired) electrons. The van der Waals surface area contributed by atoms with E-state index in [9.17, 15) is 9.59 Å². The van der Waals surface area contributed by atoms with Gasteiger partial charge in [0.15, 0.2) is 0 Å². The van der Waals surface area contributed by atoms with Gasteiger partial charge in [-0.2, -0.15) is 0 Å². The lowest BCUT2D eigenvalue weighted by atomic mass is 9.86. The number of fused-ring (bicyclic) bond motifs is 1. The van der Waals surface area contributed by atoms with E-state index in [1.165, 1.54) is 9.71 Å². The zero-order chi connectivity index (χ0) is 17.9. The lowest BCUT2D eigenvalue weighted by molar-refractivity contribution is -0.123. The van der Waals surface area contributed by atoms with E-state index in [-0.39, 0.29) is 23.9 Å². The van der Waals surface area contributed by atoms with Gasteiger partial charge in [-0.3, -0.25) is 9.59 Å². The van der Waals surface area contributed by atoms with Crippen LogP contribution in [-0.2, 0) is 9.59 Å². The number of benzene rings is 1. The highest BCUT2D eigenvalue weighted by atomic mass is 32.1. The van der Waals surface area contributed by atoms with Gasteiger partial charge in [0.05, 0.1) is 15.2 Å². The first-order valence-electron chi connectivity index (χ1n) is 9.61. The summed E-state index contributed by atoms with van der Waals surface area (Å²) in [6.07, 6.45) is 6.93. The third kappa shape index (κ3) is 4.06. The number of hydrogen-bond donors (Lipinski definition) is 2. The van der Waals surface area contributed by atoms with Crippen LogP contribution >= 0.6 is 11.3 Å². The highest BCUT2D eigenvalue weighted by molar-refractivity contribution is 7.18. The van der Waals surface area contributed by atoms with Crippen LogP contribution in [-0.4, -0.2) is 28.9 Å². The molecule has 1 aliphatic carbocycles. The van der Waals surface area contributed by atoms with Gasteiger partial charge in [0.1, 0.15) is 0 Å². The summed E-state index contributed by atoms with van der Waals surface area (Å²) in [5.41, 5.74) is 1.10. The maximum Gasteiger partial charge on any atom is 0.220 e. The molecule has 0 spiro atoms. The summed E-state index contributed by atoms with van der Waals surface area (Å²) >= 11 is 1.81. The first kappa shape index (κ1) is 17.5. The van der Waals surface area contributed by atoms with Crippen molar-refractivity contribution in [2.24, 2.45) is 0 Å². The van der Waals surface area contributed by atoms with E-state index in [0.29, 0.717) is 18.8 Å². The van der Waals surface area contributed by atoms with E-state index in [1.807, 2.05) is 17.4 Å². The van der Waals surface area contributed by atoms with Crippen molar-refractivity contribution in [1.29, 1.82) is 0 Å². The van der Waals surface area contributed by atoms with Crippen LogP contribution in [0.2, 0.25) is 0 Å². The van der Waals surface area contributed by atoms with Crippen molar-refractivity contribution >= 4 is 33.4 Å². The molecule has 138 valence electrons. The molecule has 2 amide bonds.